The molecule has 0 saturated carbocycles. The van der Waals surface area contributed by atoms with Gasteiger partial charge in [-0.25, -0.2) is 16.8 Å². The van der Waals surface area contributed by atoms with Gasteiger partial charge in [-0.3, -0.25) is 0 Å². The van der Waals surface area contributed by atoms with Crippen molar-refractivity contribution < 1.29 is 26.0 Å². The van der Waals surface area contributed by atoms with Crippen LogP contribution in [0.2, 0.25) is 0 Å². The smallest absolute Gasteiger partial charge is 0.243 e. The molecule has 4 rings (SSSR count). The molecule has 0 bridgehead atoms. The van der Waals surface area contributed by atoms with Gasteiger partial charge in [0.1, 0.15) is 11.5 Å². The van der Waals surface area contributed by atoms with E-state index in [2.05, 4.69) is 0 Å². The standard InChI is InChI=1S/C27H34N2O6S2/c1-3-23-8-5-6-18-29(23)37(32,33)27-16-14-26(15-17-27)36(30,31)28(21-25-9-7-19-35-25)20-22-10-12-24(13-11-22)34-4-2/h7,9-17,19,23H,3-6,8,18,20-21H2,1-2H3/t23-/m1/s1. The predicted molar refractivity (Wildman–Crippen MR) is 141 cm³/mol. The number of sulfonamides is 2. The van der Waals surface area contributed by atoms with Crippen molar-refractivity contribution in [3.05, 3.63) is 78.3 Å². The molecule has 1 saturated heterocycles. The molecule has 0 aliphatic carbocycles. The summed E-state index contributed by atoms with van der Waals surface area (Å²) in [6, 6.07) is 16.2. The minimum Gasteiger partial charge on any atom is -0.494 e. The Balaban J connectivity index is 1.60. The average Bonchev–Trinajstić information content (AvgIpc) is 3.43. The van der Waals surface area contributed by atoms with Gasteiger partial charge in [0.25, 0.3) is 0 Å². The molecule has 0 spiro atoms. The highest BCUT2D eigenvalue weighted by Crippen LogP contribution is 2.29. The zero-order chi connectivity index (χ0) is 26.5. The van der Waals surface area contributed by atoms with Gasteiger partial charge >= 0.3 is 0 Å². The SMILES string of the molecule is CCOc1ccc(CN(Cc2ccco2)S(=O)(=O)c2ccc(S(=O)(=O)N3CCCC[C@H]3CC)cc2)cc1. The van der Waals surface area contributed by atoms with Crippen LogP contribution in [0.4, 0.5) is 0 Å². The number of ether oxygens (including phenoxy) is 1. The van der Waals surface area contributed by atoms with Gasteiger partial charge < -0.3 is 9.15 Å². The zero-order valence-corrected chi connectivity index (χ0v) is 22.9. The van der Waals surface area contributed by atoms with E-state index < -0.39 is 20.0 Å². The quantitative estimate of drug-likeness (QED) is 0.335. The molecule has 2 heterocycles. The monoisotopic (exact) mass is 546 g/mol. The van der Waals surface area contributed by atoms with Gasteiger partial charge in [0.15, 0.2) is 0 Å². The highest BCUT2D eigenvalue weighted by atomic mass is 32.2. The fourth-order valence-corrected chi connectivity index (χ4v) is 7.79. The van der Waals surface area contributed by atoms with Crippen LogP contribution in [0.15, 0.2) is 81.1 Å². The van der Waals surface area contributed by atoms with Gasteiger partial charge in [0.05, 0.1) is 29.2 Å². The second-order valence-electron chi connectivity index (χ2n) is 9.07. The Morgan fingerprint density at radius 3 is 2.24 bits per heavy atom. The molecule has 2 aromatic carbocycles. The fraction of sp³-hybridized carbons (Fsp3) is 0.407. The van der Waals surface area contributed by atoms with E-state index in [4.69, 9.17) is 9.15 Å². The van der Waals surface area contributed by atoms with Crippen LogP contribution in [-0.4, -0.2) is 44.6 Å². The van der Waals surface area contributed by atoms with Crippen molar-refractivity contribution in [1.29, 1.82) is 0 Å². The topological polar surface area (TPSA) is 97.1 Å². The summed E-state index contributed by atoms with van der Waals surface area (Å²) in [5.74, 6) is 1.21. The molecule has 37 heavy (non-hydrogen) atoms. The largest absolute Gasteiger partial charge is 0.494 e. The maximum Gasteiger partial charge on any atom is 0.243 e. The number of nitrogens with zero attached hydrogens (tertiary/aromatic N) is 2. The van der Waals surface area contributed by atoms with Crippen LogP contribution in [0, 0.1) is 0 Å². The third-order valence-corrected chi connectivity index (χ3v) is 10.4. The molecule has 0 unspecified atom stereocenters. The molecule has 0 radical (unpaired) electrons. The van der Waals surface area contributed by atoms with Gasteiger partial charge in [0.2, 0.25) is 20.0 Å². The molecule has 1 fully saturated rings. The van der Waals surface area contributed by atoms with Crippen LogP contribution in [0.3, 0.4) is 0 Å². The van der Waals surface area contributed by atoms with E-state index in [9.17, 15) is 16.8 Å². The lowest BCUT2D eigenvalue weighted by molar-refractivity contribution is 0.246. The Hall–Kier alpha value is -2.66. The Labute approximate surface area is 220 Å². The lowest BCUT2D eigenvalue weighted by Crippen LogP contribution is -2.43. The molecule has 0 N–H and O–H groups in total. The molecule has 8 nitrogen and oxygen atoms in total. The Morgan fingerprint density at radius 2 is 1.62 bits per heavy atom. The summed E-state index contributed by atoms with van der Waals surface area (Å²) < 4.78 is 67.8. The van der Waals surface area contributed by atoms with Crippen molar-refractivity contribution in [3.63, 3.8) is 0 Å². The lowest BCUT2D eigenvalue weighted by Gasteiger charge is -2.34. The molecule has 1 atom stereocenters. The van der Waals surface area contributed by atoms with Crippen molar-refractivity contribution in [1.82, 2.24) is 8.61 Å². The Kier molecular flexibility index (Phi) is 8.74. The maximum absolute atomic E-state index is 13.7. The first-order valence-electron chi connectivity index (χ1n) is 12.6. The van der Waals surface area contributed by atoms with E-state index in [-0.39, 0.29) is 28.9 Å². The molecule has 10 heteroatoms. The van der Waals surface area contributed by atoms with Crippen molar-refractivity contribution >= 4 is 20.0 Å². The molecular weight excluding hydrogens is 512 g/mol. The number of hydrogen-bond donors (Lipinski definition) is 0. The van der Waals surface area contributed by atoms with E-state index in [1.807, 2.05) is 26.0 Å². The molecule has 0 amide bonds. The predicted octanol–water partition coefficient (Wildman–Crippen LogP) is 5.02. The zero-order valence-electron chi connectivity index (χ0n) is 21.2. The van der Waals surface area contributed by atoms with Gasteiger partial charge in [-0.2, -0.15) is 8.61 Å². The molecule has 1 aliphatic rings. The van der Waals surface area contributed by atoms with Crippen LogP contribution in [0.5, 0.6) is 5.75 Å². The number of piperidine rings is 1. The first-order chi connectivity index (χ1) is 17.8. The van der Waals surface area contributed by atoms with Crippen molar-refractivity contribution in [2.75, 3.05) is 13.2 Å². The molecular formula is C27H34N2O6S2. The fourth-order valence-electron chi connectivity index (χ4n) is 4.63. The summed E-state index contributed by atoms with van der Waals surface area (Å²) in [6.45, 7) is 5.07. The van der Waals surface area contributed by atoms with Gasteiger partial charge in [-0.05, 0) is 80.3 Å². The number of rotatable bonds is 11. The number of furan rings is 1. The maximum atomic E-state index is 13.7. The van der Waals surface area contributed by atoms with Gasteiger partial charge in [-0.1, -0.05) is 25.5 Å². The summed E-state index contributed by atoms with van der Waals surface area (Å²) in [7, 11) is -7.67. The molecule has 1 aromatic heterocycles. The van der Waals surface area contributed by atoms with Crippen molar-refractivity contribution in [2.24, 2.45) is 0 Å². The lowest BCUT2D eigenvalue weighted by atomic mass is 10.0. The highest BCUT2D eigenvalue weighted by molar-refractivity contribution is 7.89. The van der Waals surface area contributed by atoms with E-state index in [1.165, 1.54) is 34.8 Å². The van der Waals surface area contributed by atoms with Gasteiger partial charge in [-0.15, -0.1) is 0 Å². The minimum absolute atomic E-state index is 0.0228. The average molecular weight is 547 g/mol. The molecule has 3 aromatic rings. The summed E-state index contributed by atoms with van der Waals surface area (Å²) in [4.78, 5) is 0.130. The Morgan fingerprint density at radius 1 is 0.919 bits per heavy atom. The van der Waals surface area contributed by atoms with E-state index in [1.54, 1.807) is 28.6 Å². The number of benzene rings is 2. The van der Waals surface area contributed by atoms with E-state index in [0.29, 0.717) is 24.7 Å². The summed E-state index contributed by atoms with van der Waals surface area (Å²) in [5, 5.41) is 0. The van der Waals surface area contributed by atoms with Crippen LogP contribution < -0.4 is 4.74 Å². The normalized spacial score (nSPS) is 17.2. The second-order valence-corrected chi connectivity index (χ2v) is 12.9. The summed E-state index contributed by atoms with van der Waals surface area (Å²) in [6.07, 6.45) is 4.94. The second kappa shape index (κ2) is 11.8. The van der Waals surface area contributed by atoms with Crippen LogP contribution in [0.25, 0.3) is 0 Å². The first kappa shape index (κ1) is 27.4. The van der Waals surface area contributed by atoms with E-state index >= 15 is 0 Å². The highest BCUT2D eigenvalue weighted by Gasteiger charge is 2.33. The molecule has 1 aliphatic heterocycles. The van der Waals surface area contributed by atoms with Crippen LogP contribution in [-0.2, 0) is 33.1 Å². The summed E-state index contributed by atoms with van der Waals surface area (Å²) >= 11 is 0. The van der Waals surface area contributed by atoms with Gasteiger partial charge in [0, 0.05) is 19.1 Å². The van der Waals surface area contributed by atoms with Crippen molar-refractivity contribution in [3.8, 4) is 5.75 Å². The van der Waals surface area contributed by atoms with Crippen molar-refractivity contribution in [2.45, 2.75) is 68.5 Å². The number of hydrogen-bond acceptors (Lipinski definition) is 6. The third-order valence-electron chi connectivity index (χ3n) is 6.62. The molecule has 200 valence electrons. The summed E-state index contributed by atoms with van der Waals surface area (Å²) in [5.41, 5.74) is 0.786. The third kappa shape index (κ3) is 6.26. The van der Waals surface area contributed by atoms with E-state index in [0.717, 1.165) is 31.2 Å². The van der Waals surface area contributed by atoms with Crippen LogP contribution >= 0.6 is 0 Å². The minimum atomic E-state index is -3.96. The Bertz CT molecular complexity index is 1350. The van der Waals surface area contributed by atoms with Crippen LogP contribution in [0.1, 0.15) is 50.9 Å². The first-order valence-corrected chi connectivity index (χ1v) is 15.5.